The molecule has 9 heteroatoms. The molecule has 1 fully saturated rings. The standard InChI is InChI=1S/C18H26N2O6S/c1-3-26-15-4-6-16(7-5-15)27(24,25)19-9-8-17(21)20-11-13(2)10-14(12-20)18(22)23/h4-7,13-14,19H,3,8-12H2,1-2H3,(H,22,23). The molecule has 0 radical (unpaired) electrons. The van der Waals surface area contributed by atoms with Gasteiger partial charge in [0.15, 0.2) is 0 Å². The number of aliphatic carboxylic acids is 1. The molecule has 1 aliphatic heterocycles. The minimum Gasteiger partial charge on any atom is -0.494 e. The van der Waals surface area contributed by atoms with Crippen molar-refractivity contribution in [3.63, 3.8) is 0 Å². The Labute approximate surface area is 159 Å². The lowest BCUT2D eigenvalue weighted by Gasteiger charge is -2.34. The van der Waals surface area contributed by atoms with E-state index in [1.807, 2.05) is 13.8 Å². The average molecular weight is 398 g/mol. The first-order chi connectivity index (χ1) is 12.7. The van der Waals surface area contributed by atoms with Gasteiger partial charge in [-0.3, -0.25) is 9.59 Å². The van der Waals surface area contributed by atoms with E-state index in [9.17, 15) is 23.1 Å². The number of hydrogen-bond donors (Lipinski definition) is 2. The summed E-state index contributed by atoms with van der Waals surface area (Å²) in [5.41, 5.74) is 0. The van der Waals surface area contributed by atoms with Gasteiger partial charge in [0, 0.05) is 26.1 Å². The summed E-state index contributed by atoms with van der Waals surface area (Å²) in [6.07, 6.45) is 0.527. The van der Waals surface area contributed by atoms with Crippen molar-refractivity contribution in [3.8, 4) is 5.75 Å². The van der Waals surface area contributed by atoms with Crippen LogP contribution < -0.4 is 9.46 Å². The number of carboxylic acid groups (broad SMARTS) is 1. The van der Waals surface area contributed by atoms with Crippen molar-refractivity contribution in [2.24, 2.45) is 11.8 Å². The molecule has 1 saturated heterocycles. The Hall–Kier alpha value is -2.13. The number of ether oxygens (including phenoxy) is 1. The molecule has 1 aromatic rings. The molecule has 2 unspecified atom stereocenters. The largest absolute Gasteiger partial charge is 0.494 e. The van der Waals surface area contributed by atoms with Crippen LogP contribution in [-0.2, 0) is 19.6 Å². The summed E-state index contributed by atoms with van der Waals surface area (Å²) in [5.74, 6) is -1.04. The smallest absolute Gasteiger partial charge is 0.308 e. The number of nitrogens with zero attached hydrogens (tertiary/aromatic N) is 1. The Balaban J connectivity index is 1.88. The quantitative estimate of drug-likeness (QED) is 0.683. The third-order valence-corrected chi connectivity index (χ3v) is 5.91. The van der Waals surface area contributed by atoms with Crippen LogP contribution in [0.2, 0.25) is 0 Å². The number of carboxylic acids is 1. The normalized spacial score (nSPS) is 20.3. The molecular formula is C18H26N2O6S. The number of benzene rings is 1. The van der Waals surface area contributed by atoms with Crippen molar-refractivity contribution in [2.45, 2.75) is 31.6 Å². The molecular weight excluding hydrogens is 372 g/mol. The number of amides is 1. The molecule has 1 amide bonds. The van der Waals surface area contributed by atoms with Gasteiger partial charge >= 0.3 is 5.97 Å². The lowest BCUT2D eigenvalue weighted by atomic mass is 9.90. The minimum absolute atomic E-state index is 0.0185. The van der Waals surface area contributed by atoms with Crippen molar-refractivity contribution in [1.82, 2.24) is 9.62 Å². The van der Waals surface area contributed by atoms with E-state index in [-0.39, 0.29) is 36.2 Å². The van der Waals surface area contributed by atoms with Crippen molar-refractivity contribution < 1.29 is 27.9 Å². The summed E-state index contributed by atoms with van der Waals surface area (Å²) in [4.78, 5) is 25.1. The molecule has 2 N–H and O–H groups in total. The second kappa shape index (κ2) is 9.18. The second-order valence-corrected chi connectivity index (χ2v) is 8.49. The van der Waals surface area contributed by atoms with Gasteiger partial charge in [0.1, 0.15) is 5.75 Å². The van der Waals surface area contributed by atoms with Crippen molar-refractivity contribution in [3.05, 3.63) is 24.3 Å². The van der Waals surface area contributed by atoms with Gasteiger partial charge in [0.25, 0.3) is 0 Å². The Morgan fingerprint density at radius 3 is 2.52 bits per heavy atom. The van der Waals surface area contributed by atoms with Crippen LogP contribution in [0.25, 0.3) is 0 Å². The molecule has 8 nitrogen and oxygen atoms in total. The fourth-order valence-electron chi connectivity index (χ4n) is 3.15. The third-order valence-electron chi connectivity index (χ3n) is 4.44. The van der Waals surface area contributed by atoms with E-state index >= 15 is 0 Å². The van der Waals surface area contributed by atoms with E-state index in [1.165, 1.54) is 17.0 Å². The van der Waals surface area contributed by atoms with Gasteiger partial charge in [-0.2, -0.15) is 0 Å². The molecule has 2 rings (SSSR count). The monoisotopic (exact) mass is 398 g/mol. The zero-order chi connectivity index (χ0) is 20.0. The maximum atomic E-state index is 12.3. The maximum Gasteiger partial charge on any atom is 0.308 e. The van der Waals surface area contributed by atoms with Gasteiger partial charge in [0.05, 0.1) is 17.4 Å². The van der Waals surface area contributed by atoms with E-state index in [0.717, 1.165) is 0 Å². The first-order valence-electron chi connectivity index (χ1n) is 8.96. The third kappa shape index (κ3) is 5.93. The van der Waals surface area contributed by atoms with Crippen LogP contribution in [0.1, 0.15) is 26.7 Å². The lowest BCUT2D eigenvalue weighted by molar-refractivity contribution is -0.146. The van der Waals surface area contributed by atoms with Crippen LogP contribution in [0.15, 0.2) is 29.2 Å². The molecule has 1 aromatic carbocycles. The van der Waals surface area contributed by atoms with Gasteiger partial charge in [-0.05, 0) is 43.5 Å². The molecule has 27 heavy (non-hydrogen) atoms. The summed E-state index contributed by atoms with van der Waals surface area (Å²) < 4.78 is 32.3. The zero-order valence-corrected chi connectivity index (χ0v) is 16.4. The fraction of sp³-hybridized carbons (Fsp3) is 0.556. The molecule has 150 valence electrons. The van der Waals surface area contributed by atoms with Crippen LogP contribution in [0, 0.1) is 11.8 Å². The topological polar surface area (TPSA) is 113 Å². The fourth-order valence-corrected chi connectivity index (χ4v) is 4.18. The van der Waals surface area contributed by atoms with Gasteiger partial charge in [-0.1, -0.05) is 6.92 Å². The SMILES string of the molecule is CCOc1ccc(S(=O)(=O)NCCC(=O)N2CC(C)CC(C(=O)O)C2)cc1. The van der Waals surface area contributed by atoms with Crippen molar-refractivity contribution in [1.29, 1.82) is 0 Å². The van der Waals surface area contributed by atoms with E-state index in [2.05, 4.69) is 4.72 Å². The van der Waals surface area contributed by atoms with E-state index in [4.69, 9.17) is 4.74 Å². The molecule has 1 heterocycles. The highest BCUT2D eigenvalue weighted by atomic mass is 32.2. The number of likely N-dealkylation sites (tertiary alicyclic amines) is 1. The molecule has 0 spiro atoms. The molecule has 0 bridgehead atoms. The van der Waals surface area contributed by atoms with Crippen LogP contribution in [0.4, 0.5) is 0 Å². The number of nitrogens with one attached hydrogen (secondary N) is 1. The first-order valence-corrected chi connectivity index (χ1v) is 10.4. The van der Waals surface area contributed by atoms with Gasteiger partial charge in [-0.15, -0.1) is 0 Å². The zero-order valence-electron chi connectivity index (χ0n) is 15.6. The summed E-state index contributed by atoms with van der Waals surface area (Å²) in [6, 6.07) is 6.03. The number of piperidine rings is 1. The van der Waals surface area contributed by atoms with Crippen molar-refractivity contribution in [2.75, 3.05) is 26.2 Å². The highest BCUT2D eigenvalue weighted by Gasteiger charge is 2.31. The number of carbonyl (C=O) groups excluding carboxylic acids is 1. The Morgan fingerprint density at radius 2 is 1.93 bits per heavy atom. The molecule has 0 aliphatic carbocycles. The van der Waals surface area contributed by atoms with Gasteiger partial charge < -0.3 is 14.7 Å². The molecule has 2 atom stereocenters. The van der Waals surface area contributed by atoms with Crippen LogP contribution >= 0.6 is 0 Å². The van der Waals surface area contributed by atoms with Crippen LogP contribution in [-0.4, -0.2) is 56.5 Å². The van der Waals surface area contributed by atoms with E-state index in [0.29, 0.717) is 25.3 Å². The highest BCUT2D eigenvalue weighted by molar-refractivity contribution is 7.89. The number of carbonyl (C=O) groups is 2. The van der Waals surface area contributed by atoms with Crippen molar-refractivity contribution >= 4 is 21.9 Å². The summed E-state index contributed by atoms with van der Waals surface area (Å²) >= 11 is 0. The summed E-state index contributed by atoms with van der Waals surface area (Å²) in [5, 5.41) is 9.18. The average Bonchev–Trinajstić information content (AvgIpc) is 2.61. The Bertz CT molecular complexity index is 763. The molecule has 0 saturated carbocycles. The van der Waals surface area contributed by atoms with Gasteiger partial charge in [-0.25, -0.2) is 13.1 Å². The minimum atomic E-state index is -3.72. The second-order valence-electron chi connectivity index (χ2n) is 6.73. The van der Waals surface area contributed by atoms with Gasteiger partial charge in [0.2, 0.25) is 15.9 Å². The predicted molar refractivity (Wildman–Crippen MR) is 98.9 cm³/mol. The number of rotatable bonds is 8. The number of hydrogen-bond acceptors (Lipinski definition) is 5. The molecule has 1 aliphatic rings. The summed E-state index contributed by atoms with van der Waals surface area (Å²) in [7, 11) is -3.72. The van der Waals surface area contributed by atoms with E-state index < -0.39 is 21.9 Å². The summed E-state index contributed by atoms with van der Waals surface area (Å²) in [6.45, 7) is 4.86. The first kappa shape index (κ1) is 21.2. The lowest BCUT2D eigenvalue weighted by Crippen LogP contribution is -2.46. The highest BCUT2D eigenvalue weighted by Crippen LogP contribution is 2.22. The maximum absolute atomic E-state index is 12.3. The van der Waals surface area contributed by atoms with Crippen LogP contribution in [0.3, 0.4) is 0 Å². The van der Waals surface area contributed by atoms with Crippen LogP contribution in [0.5, 0.6) is 5.75 Å². The number of sulfonamides is 1. The Morgan fingerprint density at radius 1 is 1.26 bits per heavy atom. The predicted octanol–water partition coefficient (Wildman–Crippen LogP) is 1.32. The molecule has 0 aromatic heterocycles. The Kier molecular flexibility index (Phi) is 7.20. The van der Waals surface area contributed by atoms with E-state index in [1.54, 1.807) is 12.1 Å².